The lowest BCUT2D eigenvalue weighted by molar-refractivity contribution is -0.137. The summed E-state index contributed by atoms with van der Waals surface area (Å²) in [5, 5.41) is 9.87. The number of carboxylic acids is 1. The van der Waals surface area contributed by atoms with E-state index in [9.17, 15) is 9.59 Å². The molecule has 5 heteroatoms. The number of fused-ring (bicyclic) bond motifs is 1. The largest absolute Gasteiger partial charge is 0.481 e. The topological polar surface area (TPSA) is 70.8 Å². The number of anilines is 1. The summed E-state index contributed by atoms with van der Waals surface area (Å²) >= 11 is 0. The van der Waals surface area contributed by atoms with Crippen LogP contribution in [-0.4, -0.2) is 24.2 Å². The van der Waals surface area contributed by atoms with Gasteiger partial charge in [0.15, 0.2) is 0 Å². The van der Waals surface area contributed by atoms with Gasteiger partial charge < -0.3 is 14.4 Å². The lowest BCUT2D eigenvalue weighted by Gasteiger charge is -2.26. The fourth-order valence-electron chi connectivity index (χ4n) is 3.46. The Balaban J connectivity index is 2.15. The second-order valence-corrected chi connectivity index (χ2v) is 6.98. The number of aryl methyl sites for hydroxylation is 2. The van der Waals surface area contributed by atoms with E-state index in [1.807, 2.05) is 63.1 Å². The molecule has 0 aliphatic carbocycles. The van der Waals surface area contributed by atoms with Gasteiger partial charge in [-0.25, -0.2) is 4.79 Å². The van der Waals surface area contributed by atoms with Gasteiger partial charge in [-0.2, -0.15) is 0 Å². The van der Waals surface area contributed by atoms with Crippen molar-refractivity contribution in [2.75, 3.05) is 11.9 Å². The van der Waals surface area contributed by atoms with Crippen molar-refractivity contribution in [1.82, 2.24) is 0 Å². The Labute approximate surface area is 157 Å². The van der Waals surface area contributed by atoms with E-state index in [1.54, 1.807) is 6.07 Å². The van der Waals surface area contributed by atoms with E-state index in [2.05, 4.69) is 0 Å². The molecule has 140 valence electrons. The quantitative estimate of drug-likeness (QED) is 0.680. The van der Waals surface area contributed by atoms with E-state index in [0.29, 0.717) is 5.58 Å². The molecule has 5 nitrogen and oxygen atoms in total. The van der Waals surface area contributed by atoms with Gasteiger partial charge >= 0.3 is 11.6 Å². The standard InChI is InChI=1S/C22H23NO4/c1-13-6-5-7-14(2)22(13)18-12-21(26)27-19-11-16(8-9-17(18)19)23(4)15(3)10-20(24)25/h5-9,11-12,15H,10H2,1-4H3,(H,24,25)/t15-/m0/s1. The maximum Gasteiger partial charge on any atom is 0.336 e. The lowest BCUT2D eigenvalue weighted by Crippen LogP contribution is -2.30. The van der Waals surface area contributed by atoms with Gasteiger partial charge in [-0.1, -0.05) is 18.2 Å². The zero-order chi connectivity index (χ0) is 19.7. The summed E-state index contributed by atoms with van der Waals surface area (Å²) in [6.07, 6.45) is 0.0287. The number of aliphatic carboxylic acids is 1. The van der Waals surface area contributed by atoms with Gasteiger partial charge in [-0.3, -0.25) is 4.79 Å². The third-order valence-corrected chi connectivity index (χ3v) is 5.02. The van der Waals surface area contributed by atoms with Crippen molar-refractivity contribution < 1.29 is 14.3 Å². The zero-order valence-corrected chi connectivity index (χ0v) is 15.9. The summed E-state index contributed by atoms with van der Waals surface area (Å²) in [6, 6.07) is 13.1. The highest BCUT2D eigenvalue weighted by Crippen LogP contribution is 2.34. The van der Waals surface area contributed by atoms with Crippen molar-refractivity contribution in [3.8, 4) is 11.1 Å². The molecule has 0 amide bonds. The molecule has 0 bridgehead atoms. The summed E-state index contributed by atoms with van der Waals surface area (Å²) in [6.45, 7) is 5.90. The van der Waals surface area contributed by atoms with Crippen LogP contribution in [0, 0.1) is 13.8 Å². The predicted octanol–water partition coefficient (Wildman–Crippen LogP) is 4.38. The summed E-state index contributed by atoms with van der Waals surface area (Å²) in [5.41, 5.74) is 4.97. The molecule has 0 saturated carbocycles. The maximum absolute atomic E-state index is 12.2. The van der Waals surface area contributed by atoms with Crippen molar-refractivity contribution in [3.05, 3.63) is 64.0 Å². The molecule has 1 N–H and O–H groups in total. The zero-order valence-electron chi connectivity index (χ0n) is 15.9. The monoisotopic (exact) mass is 365 g/mol. The number of nitrogens with zero attached hydrogens (tertiary/aromatic N) is 1. The Morgan fingerprint density at radius 3 is 2.44 bits per heavy atom. The van der Waals surface area contributed by atoms with Gasteiger partial charge in [-0.05, 0) is 49.6 Å². The second kappa shape index (κ2) is 7.27. The molecule has 0 spiro atoms. The van der Waals surface area contributed by atoms with Gasteiger partial charge in [0.2, 0.25) is 0 Å². The molecule has 3 rings (SSSR count). The Kier molecular flexibility index (Phi) is 5.04. The molecular formula is C22H23NO4. The highest BCUT2D eigenvalue weighted by Gasteiger charge is 2.17. The SMILES string of the molecule is Cc1cccc(C)c1-c1cc(=O)oc2cc(N(C)[C@@H](C)CC(=O)O)ccc12. The van der Waals surface area contributed by atoms with Crippen molar-refractivity contribution in [2.24, 2.45) is 0 Å². The maximum atomic E-state index is 12.2. The molecule has 3 aromatic rings. The molecule has 27 heavy (non-hydrogen) atoms. The molecule has 1 atom stereocenters. The van der Waals surface area contributed by atoms with Crippen molar-refractivity contribution in [2.45, 2.75) is 33.2 Å². The molecule has 1 aromatic heterocycles. The van der Waals surface area contributed by atoms with E-state index in [-0.39, 0.29) is 12.5 Å². The highest BCUT2D eigenvalue weighted by molar-refractivity contribution is 5.96. The Morgan fingerprint density at radius 2 is 1.81 bits per heavy atom. The molecule has 0 aliphatic heterocycles. The second-order valence-electron chi connectivity index (χ2n) is 6.98. The van der Waals surface area contributed by atoms with E-state index in [4.69, 9.17) is 9.52 Å². The minimum Gasteiger partial charge on any atom is -0.481 e. The van der Waals surface area contributed by atoms with Gasteiger partial charge in [0, 0.05) is 41.9 Å². The minimum absolute atomic E-state index is 0.0287. The van der Waals surface area contributed by atoms with Crippen LogP contribution < -0.4 is 10.5 Å². The first-order valence-electron chi connectivity index (χ1n) is 8.87. The third kappa shape index (κ3) is 3.72. The summed E-state index contributed by atoms with van der Waals surface area (Å²) < 4.78 is 5.46. The Hall–Kier alpha value is -3.08. The van der Waals surface area contributed by atoms with Gasteiger partial charge in [0.25, 0.3) is 0 Å². The van der Waals surface area contributed by atoms with Crippen LogP contribution in [0.2, 0.25) is 0 Å². The first-order valence-corrected chi connectivity index (χ1v) is 8.87. The molecule has 0 unspecified atom stereocenters. The smallest absolute Gasteiger partial charge is 0.336 e. The van der Waals surface area contributed by atoms with E-state index < -0.39 is 11.6 Å². The number of hydrogen-bond acceptors (Lipinski definition) is 4. The molecule has 2 aromatic carbocycles. The number of benzene rings is 2. The average Bonchev–Trinajstić information content (AvgIpc) is 2.59. The predicted molar refractivity (Wildman–Crippen MR) is 108 cm³/mol. The number of carboxylic acid groups (broad SMARTS) is 1. The van der Waals surface area contributed by atoms with Crippen LogP contribution >= 0.6 is 0 Å². The van der Waals surface area contributed by atoms with Crippen LogP contribution in [-0.2, 0) is 4.79 Å². The highest BCUT2D eigenvalue weighted by atomic mass is 16.4. The lowest BCUT2D eigenvalue weighted by atomic mass is 9.93. The van der Waals surface area contributed by atoms with Crippen LogP contribution in [0.1, 0.15) is 24.5 Å². The molecule has 0 fully saturated rings. The Bertz CT molecular complexity index is 1050. The summed E-state index contributed by atoms with van der Waals surface area (Å²) in [5.74, 6) is -0.848. The van der Waals surface area contributed by atoms with E-state index in [1.165, 1.54) is 6.07 Å². The van der Waals surface area contributed by atoms with Gasteiger partial charge in [0.05, 0.1) is 6.42 Å². The summed E-state index contributed by atoms with van der Waals surface area (Å²) in [4.78, 5) is 25.1. The molecule has 0 radical (unpaired) electrons. The Morgan fingerprint density at radius 1 is 1.15 bits per heavy atom. The first-order chi connectivity index (χ1) is 12.8. The van der Waals surface area contributed by atoms with Crippen molar-refractivity contribution in [3.63, 3.8) is 0 Å². The number of rotatable bonds is 5. The first kappa shape index (κ1) is 18.7. The fraction of sp³-hybridized carbons (Fsp3) is 0.273. The van der Waals surface area contributed by atoms with Crippen molar-refractivity contribution >= 4 is 22.6 Å². The van der Waals surface area contributed by atoms with Crippen molar-refractivity contribution in [1.29, 1.82) is 0 Å². The van der Waals surface area contributed by atoms with Crippen LogP contribution in [0.4, 0.5) is 5.69 Å². The van der Waals surface area contributed by atoms with Crippen LogP contribution in [0.5, 0.6) is 0 Å². The minimum atomic E-state index is -0.848. The normalized spacial score (nSPS) is 12.1. The van der Waals surface area contributed by atoms with Crippen LogP contribution in [0.25, 0.3) is 22.1 Å². The molecule has 1 heterocycles. The molecule has 0 saturated heterocycles. The van der Waals surface area contributed by atoms with Crippen LogP contribution in [0.15, 0.2) is 51.7 Å². The van der Waals surface area contributed by atoms with E-state index in [0.717, 1.165) is 33.3 Å². The van der Waals surface area contributed by atoms with Crippen LogP contribution in [0.3, 0.4) is 0 Å². The van der Waals surface area contributed by atoms with Gasteiger partial charge in [-0.15, -0.1) is 0 Å². The fourth-order valence-corrected chi connectivity index (χ4v) is 3.46. The number of hydrogen-bond donors (Lipinski definition) is 1. The van der Waals surface area contributed by atoms with Gasteiger partial charge in [0.1, 0.15) is 5.58 Å². The van der Waals surface area contributed by atoms with E-state index >= 15 is 0 Å². The molecular weight excluding hydrogens is 342 g/mol. The average molecular weight is 365 g/mol. The number of carbonyl (C=O) groups is 1. The summed E-state index contributed by atoms with van der Waals surface area (Å²) in [7, 11) is 1.84. The third-order valence-electron chi connectivity index (χ3n) is 5.02. The molecule has 0 aliphatic rings.